The molecule has 1 saturated carbocycles. The Balaban J connectivity index is 1.84. The third-order valence-corrected chi connectivity index (χ3v) is 3.11. The van der Waals surface area contributed by atoms with E-state index in [0.717, 1.165) is 12.1 Å². The Morgan fingerprint density at radius 3 is 2.40 bits per heavy atom. The molecule has 20 heavy (non-hydrogen) atoms. The normalized spacial score (nSPS) is 22.0. The molecule has 0 bridgehead atoms. The van der Waals surface area contributed by atoms with Crippen molar-refractivity contribution in [1.82, 2.24) is 5.32 Å². The van der Waals surface area contributed by atoms with Crippen molar-refractivity contribution in [1.29, 1.82) is 0 Å². The average molecular weight is 289 g/mol. The summed E-state index contributed by atoms with van der Waals surface area (Å²) >= 11 is 0. The summed E-state index contributed by atoms with van der Waals surface area (Å²) in [6.07, 6.45) is -3.69. The standard InChI is InChI=1S/C13H14F3NO3/c14-13(15,16)20-11-3-1-9(2-4-11)12(19)17-7-8-5-10(18)6-8/h1-4,8,10,18H,5-7H2,(H,17,19). The first kappa shape index (κ1) is 14.6. The molecule has 0 aromatic heterocycles. The van der Waals surface area contributed by atoms with Crippen LogP contribution in [0.2, 0.25) is 0 Å². The first-order valence-corrected chi connectivity index (χ1v) is 6.15. The van der Waals surface area contributed by atoms with Gasteiger partial charge in [-0.1, -0.05) is 0 Å². The van der Waals surface area contributed by atoms with Gasteiger partial charge in [0.25, 0.3) is 5.91 Å². The number of hydrogen-bond acceptors (Lipinski definition) is 3. The number of aliphatic hydroxyl groups is 1. The van der Waals surface area contributed by atoms with Gasteiger partial charge < -0.3 is 15.2 Å². The third-order valence-electron chi connectivity index (χ3n) is 3.11. The Labute approximate surface area is 113 Å². The summed E-state index contributed by atoms with van der Waals surface area (Å²) in [7, 11) is 0. The predicted molar refractivity (Wildman–Crippen MR) is 64.2 cm³/mol. The van der Waals surface area contributed by atoms with Gasteiger partial charge in [0.15, 0.2) is 0 Å². The smallest absolute Gasteiger partial charge is 0.406 e. The van der Waals surface area contributed by atoms with E-state index in [9.17, 15) is 18.0 Å². The Hall–Kier alpha value is -1.76. The van der Waals surface area contributed by atoms with Crippen LogP contribution >= 0.6 is 0 Å². The van der Waals surface area contributed by atoms with Crippen LogP contribution in [0.1, 0.15) is 23.2 Å². The Kier molecular flexibility index (Phi) is 4.17. The van der Waals surface area contributed by atoms with Gasteiger partial charge in [0.05, 0.1) is 6.10 Å². The molecule has 1 aromatic rings. The van der Waals surface area contributed by atoms with Crippen molar-refractivity contribution in [3.05, 3.63) is 29.8 Å². The van der Waals surface area contributed by atoms with Crippen molar-refractivity contribution in [2.75, 3.05) is 6.54 Å². The highest BCUT2D eigenvalue weighted by atomic mass is 19.4. The van der Waals surface area contributed by atoms with Crippen molar-refractivity contribution < 1.29 is 27.8 Å². The largest absolute Gasteiger partial charge is 0.573 e. The van der Waals surface area contributed by atoms with Gasteiger partial charge in [0, 0.05) is 12.1 Å². The quantitative estimate of drug-likeness (QED) is 0.892. The van der Waals surface area contributed by atoms with Gasteiger partial charge in [-0.3, -0.25) is 4.79 Å². The fraction of sp³-hybridized carbons (Fsp3) is 0.462. The van der Waals surface area contributed by atoms with Crippen LogP contribution in [0.15, 0.2) is 24.3 Å². The number of alkyl halides is 3. The van der Waals surface area contributed by atoms with E-state index in [1.165, 1.54) is 12.1 Å². The lowest BCUT2D eigenvalue weighted by atomic mass is 9.82. The topological polar surface area (TPSA) is 58.6 Å². The third kappa shape index (κ3) is 4.12. The van der Waals surface area contributed by atoms with Crippen LogP contribution in [0, 0.1) is 5.92 Å². The molecule has 0 spiro atoms. The molecular weight excluding hydrogens is 275 g/mol. The lowest BCUT2D eigenvalue weighted by molar-refractivity contribution is -0.274. The first-order valence-electron chi connectivity index (χ1n) is 6.15. The van der Waals surface area contributed by atoms with Gasteiger partial charge in [-0.05, 0) is 43.0 Å². The van der Waals surface area contributed by atoms with Crippen LogP contribution in [-0.2, 0) is 0 Å². The maximum Gasteiger partial charge on any atom is 0.573 e. The number of halogens is 3. The molecule has 0 atom stereocenters. The zero-order chi connectivity index (χ0) is 14.8. The number of hydrogen-bond donors (Lipinski definition) is 2. The van der Waals surface area contributed by atoms with E-state index in [1.807, 2.05) is 0 Å². The molecule has 0 heterocycles. The number of benzene rings is 1. The van der Waals surface area contributed by atoms with E-state index in [0.29, 0.717) is 19.4 Å². The fourth-order valence-electron chi connectivity index (χ4n) is 2.01. The zero-order valence-electron chi connectivity index (χ0n) is 10.5. The molecule has 1 amide bonds. The van der Waals surface area contributed by atoms with Crippen molar-refractivity contribution in [3.63, 3.8) is 0 Å². The van der Waals surface area contributed by atoms with E-state index >= 15 is 0 Å². The fourth-order valence-corrected chi connectivity index (χ4v) is 2.01. The second-order valence-electron chi connectivity index (χ2n) is 4.77. The molecule has 0 radical (unpaired) electrons. The van der Waals surface area contributed by atoms with E-state index in [2.05, 4.69) is 10.1 Å². The van der Waals surface area contributed by atoms with Crippen LogP contribution in [0.4, 0.5) is 13.2 Å². The number of aliphatic hydroxyl groups excluding tert-OH is 1. The lowest BCUT2D eigenvalue weighted by Gasteiger charge is -2.31. The molecule has 0 aliphatic heterocycles. The van der Waals surface area contributed by atoms with E-state index < -0.39 is 6.36 Å². The number of carbonyl (C=O) groups is 1. The first-order chi connectivity index (χ1) is 9.33. The summed E-state index contributed by atoms with van der Waals surface area (Å²) in [5, 5.41) is 11.8. The Morgan fingerprint density at radius 2 is 1.90 bits per heavy atom. The van der Waals surface area contributed by atoms with E-state index in [4.69, 9.17) is 5.11 Å². The number of rotatable bonds is 4. The molecule has 1 aliphatic rings. The van der Waals surface area contributed by atoms with Gasteiger partial charge in [0.2, 0.25) is 0 Å². The second kappa shape index (κ2) is 5.70. The van der Waals surface area contributed by atoms with Gasteiger partial charge >= 0.3 is 6.36 Å². The summed E-state index contributed by atoms with van der Waals surface area (Å²) in [5.41, 5.74) is 0.263. The second-order valence-corrected chi connectivity index (χ2v) is 4.77. The molecule has 1 aliphatic carbocycles. The molecular formula is C13H14F3NO3. The van der Waals surface area contributed by atoms with Crippen LogP contribution in [0.5, 0.6) is 5.75 Å². The maximum absolute atomic E-state index is 12.0. The van der Waals surface area contributed by atoms with Crippen LogP contribution in [-0.4, -0.2) is 30.0 Å². The average Bonchev–Trinajstić information content (AvgIpc) is 2.32. The minimum atomic E-state index is -4.74. The molecule has 1 fully saturated rings. The van der Waals surface area contributed by atoms with Gasteiger partial charge in [-0.2, -0.15) is 0 Å². The van der Waals surface area contributed by atoms with Crippen molar-refractivity contribution in [2.24, 2.45) is 5.92 Å². The molecule has 2 rings (SSSR count). The highest BCUT2D eigenvalue weighted by Crippen LogP contribution is 2.26. The van der Waals surface area contributed by atoms with Gasteiger partial charge in [-0.25, -0.2) is 0 Å². The summed E-state index contributed by atoms with van der Waals surface area (Å²) in [6.45, 7) is 0.455. The molecule has 0 unspecified atom stereocenters. The Morgan fingerprint density at radius 1 is 1.30 bits per heavy atom. The minimum Gasteiger partial charge on any atom is -0.406 e. The number of carbonyl (C=O) groups excluding carboxylic acids is 1. The van der Waals surface area contributed by atoms with E-state index in [-0.39, 0.29) is 29.2 Å². The number of nitrogens with one attached hydrogen (secondary N) is 1. The number of ether oxygens (including phenoxy) is 1. The van der Waals surface area contributed by atoms with Crippen molar-refractivity contribution >= 4 is 5.91 Å². The number of amides is 1. The zero-order valence-corrected chi connectivity index (χ0v) is 10.5. The Bertz CT molecular complexity index is 467. The minimum absolute atomic E-state index is 0.263. The molecule has 7 heteroatoms. The summed E-state index contributed by atoms with van der Waals surface area (Å²) in [4.78, 5) is 11.7. The highest BCUT2D eigenvalue weighted by Gasteiger charge is 2.31. The predicted octanol–water partition coefficient (Wildman–Crippen LogP) is 2.09. The van der Waals surface area contributed by atoms with Gasteiger partial charge in [0.1, 0.15) is 5.75 Å². The molecule has 110 valence electrons. The van der Waals surface area contributed by atoms with Crippen LogP contribution < -0.4 is 10.1 Å². The molecule has 0 saturated heterocycles. The van der Waals surface area contributed by atoms with Crippen LogP contribution in [0.25, 0.3) is 0 Å². The highest BCUT2D eigenvalue weighted by molar-refractivity contribution is 5.94. The molecule has 1 aromatic carbocycles. The maximum atomic E-state index is 12.0. The summed E-state index contributed by atoms with van der Waals surface area (Å²) in [6, 6.07) is 4.73. The van der Waals surface area contributed by atoms with Crippen molar-refractivity contribution in [2.45, 2.75) is 25.3 Å². The molecule has 4 nitrogen and oxygen atoms in total. The summed E-state index contributed by atoms with van der Waals surface area (Å²) in [5.74, 6) is -0.456. The SMILES string of the molecule is O=C(NCC1CC(O)C1)c1ccc(OC(F)(F)F)cc1. The van der Waals surface area contributed by atoms with Gasteiger partial charge in [-0.15, -0.1) is 13.2 Å². The molecule has 2 N–H and O–H groups in total. The monoisotopic (exact) mass is 289 g/mol. The lowest BCUT2D eigenvalue weighted by Crippen LogP contribution is -2.38. The van der Waals surface area contributed by atoms with Crippen molar-refractivity contribution in [3.8, 4) is 5.75 Å². The van der Waals surface area contributed by atoms with E-state index in [1.54, 1.807) is 0 Å². The van der Waals surface area contributed by atoms with Crippen LogP contribution in [0.3, 0.4) is 0 Å². The summed E-state index contributed by atoms with van der Waals surface area (Å²) < 4.78 is 39.6.